The normalized spacial score (nSPS) is 14.4. The number of tetrazole rings is 1. The van der Waals surface area contributed by atoms with Crippen LogP contribution in [-0.4, -0.2) is 40.7 Å². The molecule has 10 heteroatoms. The Morgan fingerprint density at radius 2 is 2.17 bits per heavy atom. The van der Waals surface area contributed by atoms with Crippen molar-refractivity contribution in [2.45, 2.75) is 45.6 Å². The van der Waals surface area contributed by atoms with Gasteiger partial charge in [-0.3, -0.25) is 9.20 Å². The van der Waals surface area contributed by atoms with E-state index in [1.807, 2.05) is 28.8 Å². The van der Waals surface area contributed by atoms with Crippen LogP contribution in [0, 0.1) is 5.92 Å². The highest BCUT2D eigenvalue weighted by Gasteiger charge is 2.30. The number of nitrogens with zero attached hydrogens (tertiary/aromatic N) is 7. The van der Waals surface area contributed by atoms with Crippen molar-refractivity contribution in [2.24, 2.45) is 5.92 Å². The first kappa shape index (κ1) is 18.9. The zero-order valence-corrected chi connectivity index (χ0v) is 17.6. The third kappa shape index (κ3) is 3.26. The number of hydrogen-bond acceptors (Lipinski definition) is 7. The molecule has 9 nitrogen and oxygen atoms in total. The molecule has 0 saturated carbocycles. The molecule has 4 heterocycles. The van der Waals surface area contributed by atoms with Crippen LogP contribution in [0.2, 0.25) is 0 Å². The Bertz CT molecular complexity index is 1190. The highest BCUT2D eigenvalue weighted by Crippen LogP contribution is 2.37. The summed E-state index contributed by atoms with van der Waals surface area (Å²) in [6, 6.07) is 5.52. The molecule has 1 aliphatic carbocycles. The van der Waals surface area contributed by atoms with Crippen LogP contribution in [-0.2, 0) is 12.8 Å². The predicted octanol–water partition coefficient (Wildman–Crippen LogP) is 2.77. The number of aryl methyl sites for hydroxylation is 1. The number of pyridine rings is 1. The third-order valence-electron chi connectivity index (χ3n) is 5.35. The van der Waals surface area contributed by atoms with Crippen molar-refractivity contribution in [3.8, 4) is 5.00 Å². The molecular weight excluding hydrogens is 400 g/mol. The van der Waals surface area contributed by atoms with Crippen LogP contribution in [0.5, 0.6) is 0 Å². The minimum absolute atomic E-state index is 0.113. The van der Waals surface area contributed by atoms with Gasteiger partial charge in [0.1, 0.15) is 11.3 Å². The summed E-state index contributed by atoms with van der Waals surface area (Å²) in [5.74, 6) is 1.00. The SMILES string of the molecule is CC(C)C[C@H](NC(=O)c1c(-n2cnnn2)sc2c1CCC2)c1nnc2ccccn12. The minimum atomic E-state index is -0.256. The summed E-state index contributed by atoms with van der Waals surface area (Å²) in [6.07, 6.45) is 7.19. The molecule has 0 unspecified atom stereocenters. The van der Waals surface area contributed by atoms with Gasteiger partial charge in [0.15, 0.2) is 11.5 Å². The van der Waals surface area contributed by atoms with Gasteiger partial charge < -0.3 is 5.32 Å². The second-order valence-electron chi connectivity index (χ2n) is 7.93. The number of thiophene rings is 1. The standard InChI is InChI=1S/C20H22N8OS/c1-12(2)10-14(18-24-23-16-8-3-4-9-27(16)18)22-19(29)17-13-6-5-7-15(13)30-20(17)28-11-21-25-26-28/h3-4,8-9,11-12,14H,5-7,10H2,1-2H3,(H,22,29)/t14-/m0/s1. The van der Waals surface area contributed by atoms with Crippen molar-refractivity contribution < 1.29 is 4.79 Å². The Kier molecular flexibility index (Phi) is 4.78. The molecule has 0 spiro atoms. The molecular formula is C20H22N8OS. The number of aromatic nitrogens is 7. The van der Waals surface area contributed by atoms with Crippen molar-refractivity contribution in [2.75, 3.05) is 0 Å². The lowest BCUT2D eigenvalue weighted by atomic mass is 10.0. The highest BCUT2D eigenvalue weighted by atomic mass is 32.1. The Morgan fingerprint density at radius 3 is 2.97 bits per heavy atom. The molecule has 30 heavy (non-hydrogen) atoms. The van der Waals surface area contributed by atoms with E-state index in [0.29, 0.717) is 11.5 Å². The molecule has 154 valence electrons. The van der Waals surface area contributed by atoms with E-state index in [9.17, 15) is 4.79 Å². The fourth-order valence-electron chi connectivity index (χ4n) is 4.07. The van der Waals surface area contributed by atoms with Crippen LogP contribution in [0.1, 0.15) is 59.4 Å². The summed E-state index contributed by atoms with van der Waals surface area (Å²) < 4.78 is 3.52. The van der Waals surface area contributed by atoms with Crippen molar-refractivity contribution in [3.05, 3.63) is 52.6 Å². The molecule has 1 aliphatic rings. The number of rotatable bonds is 6. The summed E-state index contributed by atoms with van der Waals surface area (Å²) in [6.45, 7) is 4.27. The van der Waals surface area contributed by atoms with E-state index >= 15 is 0 Å². The lowest BCUT2D eigenvalue weighted by molar-refractivity contribution is 0.0929. The summed E-state index contributed by atoms with van der Waals surface area (Å²) >= 11 is 1.60. The van der Waals surface area contributed by atoms with Crippen LogP contribution in [0.4, 0.5) is 0 Å². The molecule has 4 aromatic heterocycles. The molecule has 1 amide bonds. The first-order valence-corrected chi connectivity index (χ1v) is 10.9. The second-order valence-corrected chi connectivity index (χ2v) is 9.02. The molecule has 0 saturated heterocycles. The van der Waals surface area contributed by atoms with Crippen LogP contribution in [0.25, 0.3) is 10.6 Å². The maximum absolute atomic E-state index is 13.6. The lowest BCUT2D eigenvalue weighted by Crippen LogP contribution is -2.32. The first-order chi connectivity index (χ1) is 14.6. The van der Waals surface area contributed by atoms with E-state index in [2.05, 4.69) is 44.9 Å². The molecule has 5 rings (SSSR count). The molecule has 1 N–H and O–H groups in total. The predicted molar refractivity (Wildman–Crippen MR) is 112 cm³/mol. The van der Waals surface area contributed by atoms with E-state index in [4.69, 9.17) is 0 Å². The molecule has 0 bridgehead atoms. The molecule has 0 aromatic carbocycles. The van der Waals surface area contributed by atoms with Crippen molar-refractivity contribution in [1.29, 1.82) is 0 Å². The van der Waals surface area contributed by atoms with Gasteiger partial charge in [-0.1, -0.05) is 19.9 Å². The quantitative estimate of drug-likeness (QED) is 0.513. The van der Waals surface area contributed by atoms with E-state index in [0.717, 1.165) is 47.7 Å². The number of hydrogen-bond donors (Lipinski definition) is 1. The fourth-order valence-corrected chi connectivity index (χ4v) is 5.37. The average Bonchev–Trinajstić information content (AvgIpc) is 3.49. The summed E-state index contributed by atoms with van der Waals surface area (Å²) in [5.41, 5.74) is 2.57. The van der Waals surface area contributed by atoms with Crippen LogP contribution >= 0.6 is 11.3 Å². The zero-order chi connectivity index (χ0) is 20.7. The monoisotopic (exact) mass is 422 g/mol. The summed E-state index contributed by atoms with van der Waals surface area (Å²) in [4.78, 5) is 14.8. The number of nitrogens with one attached hydrogen (secondary N) is 1. The van der Waals surface area contributed by atoms with Gasteiger partial charge in [-0.2, -0.15) is 4.68 Å². The van der Waals surface area contributed by atoms with E-state index in [1.165, 1.54) is 11.2 Å². The fraction of sp³-hybridized carbons (Fsp3) is 0.400. The molecule has 1 atom stereocenters. The van der Waals surface area contributed by atoms with Crippen molar-refractivity contribution in [1.82, 2.24) is 40.1 Å². The zero-order valence-electron chi connectivity index (χ0n) is 16.8. The van der Waals surface area contributed by atoms with Crippen LogP contribution in [0.3, 0.4) is 0 Å². The van der Waals surface area contributed by atoms with Gasteiger partial charge in [-0.05, 0) is 59.7 Å². The van der Waals surface area contributed by atoms with E-state index in [-0.39, 0.29) is 11.9 Å². The first-order valence-electron chi connectivity index (χ1n) is 10.1. The summed E-state index contributed by atoms with van der Waals surface area (Å²) in [5, 5.41) is 24.2. The van der Waals surface area contributed by atoms with Gasteiger partial charge in [0, 0.05) is 11.1 Å². The third-order valence-corrected chi connectivity index (χ3v) is 6.63. The van der Waals surface area contributed by atoms with Gasteiger partial charge >= 0.3 is 0 Å². The number of carbonyl (C=O) groups excluding carboxylic acids is 1. The second kappa shape index (κ2) is 7.60. The number of fused-ring (bicyclic) bond motifs is 2. The smallest absolute Gasteiger partial charge is 0.255 e. The highest BCUT2D eigenvalue weighted by molar-refractivity contribution is 7.15. The molecule has 0 radical (unpaired) electrons. The Hall–Kier alpha value is -3.14. The average molecular weight is 423 g/mol. The van der Waals surface area contributed by atoms with Gasteiger partial charge in [0.25, 0.3) is 5.91 Å². The summed E-state index contributed by atoms with van der Waals surface area (Å²) in [7, 11) is 0. The molecule has 0 fully saturated rings. The molecule has 0 aliphatic heterocycles. The van der Waals surface area contributed by atoms with Crippen molar-refractivity contribution >= 4 is 22.9 Å². The largest absolute Gasteiger partial charge is 0.342 e. The Morgan fingerprint density at radius 1 is 1.27 bits per heavy atom. The Labute approximate surface area is 177 Å². The van der Waals surface area contributed by atoms with Crippen LogP contribution < -0.4 is 5.32 Å². The number of carbonyl (C=O) groups is 1. The van der Waals surface area contributed by atoms with Gasteiger partial charge in [-0.25, -0.2) is 0 Å². The van der Waals surface area contributed by atoms with Crippen molar-refractivity contribution in [3.63, 3.8) is 0 Å². The van der Waals surface area contributed by atoms with Gasteiger partial charge in [0.2, 0.25) is 0 Å². The molecule has 4 aromatic rings. The lowest BCUT2D eigenvalue weighted by Gasteiger charge is -2.20. The maximum Gasteiger partial charge on any atom is 0.255 e. The van der Waals surface area contributed by atoms with Gasteiger partial charge in [0.05, 0.1) is 11.6 Å². The van der Waals surface area contributed by atoms with Gasteiger partial charge in [-0.15, -0.1) is 26.6 Å². The maximum atomic E-state index is 13.6. The topological polar surface area (TPSA) is 103 Å². The van der Waals surface area contributed by atoms with E-state index in [1.54, 1.807) is 16.0 Å². The number of amides is 1. The van der Waals surface area contributed by atoms with Crippen LogP contribution in [0.15, 0.2) is 30.7 Å². The van der Waals surface area contributed by atoms with E-state index < -0.39 is 0 Å². The Balaban J connectivity index is 1.53. The minimum Gasteiger partial charge on any atom is -0.342 e.